The SMILES string of the molecule is Cc1cc(Br)cc(C(F)(F)F)c1O. The van der Waals surface area contributed by atoms with E-state index in [2.05, 4.69) is 15.9 Å². The zero-order valence-electron chi connectivity index (χ0n) is 6.61. The van der Waals surface area contributed by atoms with Crippen molar-refractivity contribution in [3.63, 3.8) is 0 Å². The fourth-order valence-corrected chi connectivity index (χ4v) is 1.52. The number of phenols is 1. The lowest BCUT2D eigenvalue weighted by molar-refractivity contribution is -0.138. The number of halogens is 4. The molecule has 0 amide bonds. The molecule has 0 aromatic heterocycles. The highest BCUT2D eigenvalue weighted by Gasteiger charge is 2.34. The Labute approximate surface area is 81.3 Å². The Kier molecular flexibility index (Phi) is 2.56. The third-order valence-electron chi connectivity index (χ3n) is 1.57. The van der Waals surface area contributed by atoms with Gasteiger partial charge in [0.2, 0.25) is 0 Å². The highest BCUT2D eigenvalue weighted by molar-refractivity contribution is 9.10. The average molecular weight is 255 g/mol. The van der Waals surface area contributed by atoms with Gasteiger partial charge in [-0.2, -0.15) is 13.2 Å². The molecular formula is C8H6BrF3O. The van der Waals surface area contributed by atoms with Gasteiger partial charge in [0.1, 0.15) is 5.75 Å². The van der Waals surface area contributed by atoms with Crippen LogP contribution in [0.4, 0.5) is 13.2 Å². The van der Waals surface area contributed by atoms with Crippen molar-refractivity contribution in [2.45, 2.75) is 13.1 Å². The van der Waals surface area contributed by atoms with Gasteiger partial charge in [-0.25, -0.2) is 0 Å². The molecule has 0 spiro atoms. The summed E-state index contributed by atoms with van der Waals surface area (Å²) in [4.78, 5) is 0. The standard InChI is InChI=1S/C8H6BrF3O/c1-4-2-5(9)3-6(7(4)13)8(10,11)12/h2-3,13H,1H3. The lowest BCUT2D eigenvalue weighted by atomic mass is 10.1. The first-order valence-corrected chi connectivity index (χ1v) is 4.18. The fraction of sp³-hybridized carbons (Fsp3) is 0.250. The predicted octanol–water partition coefficient (Wildman–Crippen LogP) is 3.48. The number of phenolic OH excluding ortho intramolecular Hbond substituents is 1. The van der Waals surface area contributed by atoms with E-state index in [1.54, 1.807) is 0 Å². The molecule has 0 saturated carbocycles. The van der Waals surface area contributed by atoms with E-state index < -0.39 is 17.5 Å². The minimum atomic E-state index is -4.52. The molecule has 1 aromatic rings. The van der Waals surface area contributed by atoms with Crippen molar-refractivity contribution in [3.8, 4) is 5.75 Å². The van der Waals surface area contributed by atoms with Crippen LogP contribution >= 0.6 is 15.9 Å². The zero-order valence-corrected chi connectivity index (χ0v) is 8.20. The van der Waals surface area contributed by atoms with Crippen LogP contribution in [0.15, 0.2) is 16.6 Å². The molecule has 0 aliphatic heterocycles. The quantitative estimate of drug-likeness (QED) is 0.752. The Morgan fingerprint density at radius 2 is 1.85 bits per heavy atom. The summed E-state index contributed by atoms with van der Waals surface area (Å²) in [6.07, 6.45) is -4.52. The maximum absolute atomic E-state index is 12.2. The van der Waals surface area contributed by atoms with E-state index in [1.165, 1.54) is 13.0 Å². The molecule has 0 heterocycles. The summed E-state index contributed by atoms with van der Waals surface area (Å²) in [7, 11) is 0. The molecule has 5 heteroatoms. The van der Waals surface area contributed by atoms with Gasteiger partial charge in [-0.3, -0.25) is 0 Å². The molecule has 0 fully saturated rings. The van der Waals surface area contributed by atoms with Gasteiger partial charge in [-0.1, -0.05) is 15.9 Å². The van der Waals surface area contributed by atoms with E-state index in [0.717, 1.165) is 6.07 Å². The van der Waals surface area contributed by atoms with E-state index in [-0.39, 0.29) is 5.56 Å². The topological polar surface area (TPSA) is 20.2 Å². The Morgan fingerprint density at radius 3 is 2.31 bits per heavy atom. The Balaban J connectivity index is 3.37. The van der Waals surface area contributed by atoms with Gasteiger partial charge in [-0.05, 0) is 24.6 Å². The van der Waals surface area contributed by atoms with E-state index in [0.29, 0.717) is 4.47 Å². The van der Waals surface area contributed by atoms with Crippen molar-refractivity contribution >= 4 is 15.9 Å². The normalized spacial score (nSPS) is 11.8. The van der Waals surface area contributed by atoms with Gasteiger partial charge in [-0.15, -0.1) is 0 Å². The van der Waals surface area contributed by atoms with Gasteiger partial charge in [0.25, 0.3) is 0 Å². The van der Waals surface area contributed by atoms with Crippen LogP contribution in [0.5, 0.6) is 5.75 Å². The summed E-state index contributed by atoms with van der Waals surface area (Å²) in [6.45, 7) is 1.41. The number of rotatable bonds is 0. The van der Waals surface area contributed by atoms with Gasteiger partial charge in [0, 0.05) is 4.47 Å². The number of alkyl halides is 3. The Bertz CT molecular complexity index is 333. The molecule has 1 rings (SSSR count). The molecule has 0 radical (unpaired) electrons. The van der Waals surface area contributed by atoms with Crippen LogP contribution in [0.2, 0.25) is 0 Å². The first-order valence-electron chi connectivity index (χ1n) is 3.38. The summed E-state index contributed by atoms with van der Waals surface area (Å²) >= 11 is 2.93. The molecule has 0 atom stereocenters. The van der Waals surface area contributed by atoms with Crippen LogP contribution in [-0.4, -0.2) is 5.11 Å². The molecule has 1 aromatic carbocycles. The number of hydrogen-bond donors (Lipinski definition) is 1. The molecule has 13 heavy (non-hydrogen) atoms. The van der Waals surface area contributed by atoms with Crippen molar-refractivity contribution < 1.29 is 18.3 Å². The van der Waals surface area contributed by atoms with Crippen LogP contribution < -0.4 is 0 Å². The van der Waals surface area contributed by atoms with Crippen LogP contribution in [0, 0.1) is 6.92 Å². The van der Waals surface area contributed by atoms with E-state index >= 15 is 0 Å². The monoisotopic (exact) mass is 254 g/mol. The molecule has 0 aliphatic rings. The van der Waals surface area contributed by atoms with Gasteiger partial charge >= 0.3 is 6.18 Å². The summed E-state index contributed by atoms with van der Waals surface area (Å²) in [5.74, 6) is -0.712. The molecule has 1 nitrogen and oxygen atoms in total. The second kappa shape index (κ2) is 3.21. The zero-order chi connectivity index (χ0) is 10.2. The van der Waals surface area contributed by atoms with Crippen molar-refractivity contribution in [1.82, 2.24) is 0 Å². The second-order valence-corrected chi connectivity index (χ2v) is 3.53. The molecule has 0 unspecified atom stereocenters. The predicted molar refractivity (Wildman–Crippen MR) is 45.5 cm³/mol. The van der Waals surface area contributed by atoms with Crippen LogP contribution in [0.3, 0.4) is 0 Å². The van der Waals surface area contributed by atoms with Crippen molar-refractivity contribution in [2.24, 2.45) is 0 Å². The number of benzene rings is 1. The molecule has 0 aliphatic carbocycles. The minimum Gasteiger partial charge on any atom is -0.507 e. The molecule has 0 saturated heterocycles. The lowest BCUT2D eigenvalue weighted by Gasteiger charge is -2.11. The maximum Gasteiger partial charge on any atom is 0.420 e. The molecule has 72 valence electrons. The summed E-state index contributed by atoms with van der Waals surface area (Å²) in [6, 6.07) is 2.27. The van der Waals surface area contributed by atoms with E-state index in [4.69, 9.17) is 5.11 Å². The largest absolute Gasteiger partial charge is 0.507 e. The van der Waals surface area contributed by atoms with Crippen molar-refractivity contribution in [3.05, 3.63) is 27.7 Å². The average Bonchev–Trinajstić information content (AvgIpc) is 1.94. The smallest absolute Gasteiger partial charge is 0.420 e. The fourth-order valence-electron chi connectivity index (χ4n) is 0.952. The summed E-state index contributed by atoms with van der Waals surface area (Å²) in [5, 5.41) is 9.12. The maximum atomic E-state index is 12.2. The van der Waals surface area contributed by atoms with Crippen LogP contribution in [0.1, 0.15) is 11.1 Å². The number of hydrogen-bond acceptors (Lipinski definition) is 1. The van der Waals surface area contributed by atoms with Crippen molar-refractivity contribution in [2.75, 3.05) is 0 Å². The first-order chi connectivity index (χ1) is 5.82. The van der Waals surface area contributed by atoms with Crippen LogP contribution in [0.25, 0.3) is 0 Å². The Hall–Kier alpha value is -0.710. The third kappa shape index (κ3) is 2.15. The summed E-state index contributed by atoms with van der Waals surface area (Å²) in [5.41, 5.74) is -0.818. The van der Waals surface area contributed by atoms with Gasteiger partial charge in [0.05, 0.1) is 5.56 Å². The number of aryl methyl sites for hydroxylation is 1. The van der Waals surface area contributed by atoms with Gasteiger partial charge < -0.3 is 5.11 Å². The van der Waals surface area contributed by atoms with E-state index in [1.807, 2.05) is 0 Å². The van der Waals surface area contributed by atoms with Crippen molar-refractivity contribution in [1.29, 1.82) is 0 Å². The Morgan fingerprint density at radius 1 is 1.31 bits per heavy atom. The first kappa shape index (κ1) is 10.4. The highest BCUT2D eigenvalue weighted by Crippen LogP contribution is 2.39. The minimum absolute atomic E-state index is 0.196. The van der Waals surface area contributed by atoms with E-state index in [9.17, 15) is 13.2 Å². The van der Waals surface area contributed by atoms with Gasteiger partial charge in [0.15, 0.2) is 0 Å². The van der Waals surface area contributed by atoms with Crippen LogP contribution in [-0.2, 0) is 6.18 Å². The third-order valence-corrected chi connectivity index (χ3v) is 2.03. The lowest BCUT2D eigenvalue weighted by Crippen LogP contribution is -2.05. The second-order valence-electron chi connectivity index (χ2n) is 2.62. The highest BCUT2D eigenvalue weighted by atomic mass is 79.9. The molecule has 1 N–H and O–H groups in total. The number of aromatic hydroxyl groups is 1. The molecular weight excluding hydrogens is 249 g/mol. The molecule has 0 bridgehead atoms. The summed E-state index contributed by atoms with van der Waals surface area (Å²) < 4.78 is 37.0.